The molecule has 26 heavy (non-hydrogen) atoms. The molecule has 0 bridgehead atoms. The van der Waals surface area contributed by atoms with Crippen molar-refractivity contribution in [3.8, 4) is 0 Å². The summed E-state index contributed by atoms with van der Waals surface area (Å²) in [5.41, 5.74) is 0. The molecule has 2 fully saturated rings. The lowest BCUT2D eigenvalue weighted by Gasteiger charge is -2.38. The monoisotopic (exact) mass is 381 g/mol. The lowest BCUT2D eigenvalue weighted by molar-refractivity contribution is 0.0334. The summed E-state index contributed by atoms with van der Waals surface area (Å²) in [4.78, 5) is 16.9. The van der Waals surface area contributed by atoms with E-state index in [1.807, 2.05) is 20.8 Å². The molecule has 1 aromatic carbocycles. The highest BCUT2D eigenvalue weighted by atomic mass is 32.2. The highest BCUT2D eigenvalue weighted by Gasteiger charge is 2.48. The SMILES string of the molecule is CC(C)[C@H]1N(C(=O)N2CCOCC2)[C@@H](C)CN1S(=O)(=O)c1ccccc1. The van der Waals surface area contributed by atoms with Crippen LogP contribution in [-0.4, -0.2) is 73.6 Å². The minimum Gasteiger partial charge on any atom is -0.378 e. The number of ether oxygens (including phenoxy) is 1. The Bertz CT molecular complexity index is 732. The Morgan fingerprint density at radius 3 is 2.35 bits per heavy atom. The summed E-state index contributed by atoms with van der Waals surface area (Å²) in [5, 5.41) is 0. The van der Waals surface area contributed by atoms with E-state index < -0.39 is 16.2 Å². The molecule has 2 amide bonds. The largest absolute Gasteiger partial charge is 0.378 e. The predicted molar refractivity (Wildman–Crippen MR) is 98.0 cm³/mol. The normalized spacial score (nSPS) is 25.1. The fourth-order valence-electron chi connectivity index (χ4n) is 3.70. The van der Waals surface area contributed by atoms with E-state index in [-0.39, 0.29) is 22.9 Å². The molecule has 0 unspecified atom stereocenters. The van der Waals surface area contributed by atoms with Crippen molar-refractivity contribution >= 4 is 16.1 Å². The average molecular weight is 381 g/mol. The molecule has 0 N–H and O–H groups in total. The summed E-state index contributed by atoms with van der Waals surface area (Å²) in [6.45, 7) is 8.24. The second kappa shape index (κ2) is 7.54. The molecular weight excluding hydrogens is 354 g/mol. The highest BCUT2D eigenvalue weighted by molar-refractivity contribution is 7.89. The Kier molecular flexibility index (Phi) is 5.55. The first-order chi connectivity index (χ1) is 12.3. The van der Waals surface area contributed by atoms with Crippen molar-refractivity contribution in [3.63, 3.8) is 0 Å². The Hall–Kier alpha value is -1.64. The van der Waals surface area contributed by atoms with Gasteiger partial charge >= 0.3 is 6.03 Å². The number of nitrogens with zero attached hydrogens (tertiary/aromatic N) is 3. The predicted octanol–water partition coefficient (Wildman–Crippen LogP) is 1.82. The molecule has 144 valence electrons. The first kappa shape index (κ1) is 19.1. The zero-order valence-electron chi connectivity index (χ0n) is 15.5. The van der Waals surface area contributed by atoms with Gasteiger partial charge in [0.15, 0.2) is 0 Å². The van der Waals surface area contributed by atoms with Gasteiger partial charge in [-0.15, -0.1) is 0 Å². The van der Waals surface area contributed by atoms with Gasteiger partial charge in [-0.3, -0.25) is 0 Å². The summed E-state index contributed by atoms with van der Waals surface area (Å²) >= 11 is 0. The number of morpholine rings is 1. The summed E-state index contributed by atoms with van der Waals surface area (Å²) in [7, 11) is -3.67. The van der Waals surface area contributed by atoms with Crippen LogP contribution in [0.1, 0.15) is 20.8 Å². The van der Waals surface area contributed by atoms with E-state index in [4.69, 9.17) is 4.74 Å². The second-order valence-electron chi connectivity index (χ2n) is 7.18. The number of carbonyl (C=O) groups is 1. The first-order valence-electron chi connectivity index (χ1n) is 9.06. The van der Waals surface area contributed by atoms with Crippen molar-refractivity contribution in [1.29, 1.82) is 0 Å². The van der Waals surface area contributed by atoms with Crippen LogP contribution in [0.2, 0.25) is 0 Å². The number of rotatable bonds is 3. The standard InChI is InChI=1S/C18H27N3O4S/c1-14(2)17-20(26(23,24)16-7-5-4-6-8-16)13-15(3)21(17)18(22)19-9-11-25-12-10-19/h4-8,14-15,17H,9-13H2,1-3H3/t15-,17+/m0/s1. The molecule has 3 rings (SSSR count). The maximum Gasteiger partial charge on any atom is 0.321 e. The maximum absolute atomic E-state index is 13.2. The number of benzene rings is 1. The van der Waals surface area contributed by atoms with Gasteiger partial charge in [0, 0.05) is 25.7 Å². The topological polar surface area (TPSA) is 70.2 Å². The molecule has 0 radical (unpaired) electrons. The van der Waals surface area contributed by atoms with Crippen LogP contribution in [0.4, 0.5) is 4.79 Å². The van der Waals surface area contributed by atoms with Gasteiger partial charge in [0.2, 0.25) is 10.0 Å². The Morgan fingerprint density at radius 2 is 1.77 bits per heavy atom. The molecule has 2 saturated heterocycles. The van der Waals surface area contributed by atoms with Crippen LogP contribution in [0.3, 0.4) is 0 Å². The molecule has 0 aliphatic carbocycles. The fraction of sp³-hybridized carbons (Fsp3) is 0.611. The average Bonchev–Trinajstić information content (AvgIpc) is 3.01. The third kappa shape index (κ3) is 3.45. The fourth-order valence-corrected chi connectivity index (χ4v) is 5.51. The molecular formula is C18H27N3O4S. The number of amides is 2. The van der Waals surface area contributed by atoms with Crippen molar-refractivity contribution in [3.05, 3.63) is 30.3 Å². The second-order valence-corrected chi connectivity index (χ2v) is 9.07. The third-order valence-corrected chi connectivity index (χ3v) is 6.80. The van der Waals surface area contributed by atoms with E-state index in [0.29, 0.717) is 32.8 Å². The first-order valence-corrected chi connectivity index (χ1v) is 10.5. The van der Waals surface area contributed by atoms with Crippen molar-refractivity contribution in [2.45, 2.75) is 37.9 Å². The highest BCUT2D eigenvalue weighted by Crippen LogP contribution is 2.32. The van der Waals surface area contributed by atoms with Crippen LogP contribution in [0.15, 0.2) is 35.2 Å². The van der Waals surface area contributed by atoms with Crippen molar-refractivity contribution in [1.82, 2.24) is 14.1 Å². The van der Waals surface area contributed by atoms with Crippen molar-refractivity contribution in [2.75, 3.05) is 32.8 Å². The molecule has 1 aromatic rings. The van der Waals surface area contributed by atoms with E-state index in [0.717, 1.165) is 0 Å². The van der Waals surface area contributed by atoms with Crippen LogP contribution in [-0.2, 0) is 14.8 Å². The molecule has 0 spiro atoms. The van der Waals surface area contributed by atoms with Crippen LogP contribution in [0.25, 0.3) is 0 Å². The molecule has 2 atom stereocenters. The molecule has 2 aliphatic rings. The van der Waals surface area contributed by atoms with Gasteiger partial charge in [0.25, 0.3) is 0 Å². The molecule has 0 aromatic heterocycles. The number of carbonyl (C=O) groups excluding carboxylic acids is 1. The van der Waals surface area contributed by atoms with Gasteiger partial charge in [-0.2, -0.15) is 4.31 Å². The zero-order valence-corrected chi connectivity index (χ0v) is 16.4. The van der Waals surface area contributed by atoms with Gasteiger partial charge in [-0.05, 0) is 25.0 Å². The molecule has 8 heteroatoms. The zero-order chi connectivity index (χ0) is 18.9. The summed E-state index contributed by atoms with van der Waals surface area (Å²) < 4.78 is 33.2. The van der Waals surface area contributed by atoms with Crippen LogP contribution < -0.4 is 0 Å². The minimum atomic E-state index is -3.67. The number of hydrogen-bond donors (Lipinski definition) is 0. The van der Waals surface area contributed by atoms with E-state index >= 15 is 0 Å². The smallest absolute Gasteiger partial charge is 0.321 e. The van der Waals surface area contributed by atoms with Gasteiger partial charge < -0.3 is 14.5 Å². The van der Waals surface area contributed by atoms with E-state index in [1.54, 1.807) is 40.1 Å². The molecule has 2 heterocycles. The van der Waals surface area contributed by atoms with Crippen LogP contribution >= 0.6 is 0 Å². The quantitative estimate of drug-likeness (QED) is 0.801. The lowest BCUT2D eigenvalue weighted by atomic mass is 10.1. The maximum atomic E-state index is 13.2. The van der Waals surface area contributed by atoms with Gasteiger partial charge in [0.05, 0.1) is 18.1 Å². The van der Waals surface area contributed by atoms with E-state index in [1.165, 1.54) is 4.31 Å². The molecule has 2 aliphatic heterocycles. The number of hydrogen-bond acceptors (Lipinski definition) is 4. The Morgan fingerprint density at radius 1 is 1.15 bits per heavy atom. The van der Waals surface area contributed by atoms with Crippen LogP contribution in [0.5, 0.6) is 0 Å². The van der Waals surface area contributed by atoms with E-state index in [9.17, 15) is 13.2 Å². The Labute approximate surface area is 155 Å². The molecule has 0 saturated carbocycles. The van der Waals surface area contributed by atoms with Gasteiger partial charge in [-0.1, -0.05) is 32.0 Å². The van der Waals surface area contributed by atoms with Crippen molar-refractivity contribution < 1.29 is 17.9 Å². The van der Waals surface area contributed by atoms with E-state index in [2.05, 4.69) is 0 Å². The van der Waals surface area contributed by atoms with Crippen molar-refractivity contribution in [2.24, 2.45) is 5.92 Å². The lowest BCUT2D eigenvalue weighted by Crippen LogP contribution is -2.55. The third-order valence-electron chi connectivity index (χ3n) is 4.95. The summed E-state index contributed by atoms with van der Waals surface area (Å²) in [6, 6.07) is 8.13. The van der Waals surface area contributed by atoms with Gasteiger partial charge in [-0.25, -0.2) is 13.2 Å². The van der Waals surface area contributed by atoms with Gasteiger partial charge in [0.1, 0.15) is 6.17 Å². The Balaban J connectivity index is 1.92. The summed E-state index contributed by atoms with van der Waals surface area (Å²) in [6.07, 6.45) is -0.495. The number of sulfonamides is 1. The minimum absolute atomic E-state index is 0.0246. The summed E-state index contributed by atoms with van der Waals surface area (Å²) in [5.74, 6) is -0.0246. The molecule has 7 nitrogen and oxygen atoms in total. The number of urea groups is 1. The van der Waals surface area contributed by atoms with Crippen LogP contribution in [0, 0.1) is 5.92 Å².